The van der Waals surface area contributed by atoms with Crippen LogP contribution in [-0.4, -0.2) is 62.8 Å². The molecular weight excluding hydrogens is 454 g/mol. The van der Waals surface area contributed by atoms with Crippen LogP contribution in [0.15, 0.2) is 54.6 Å². The number of halogens is 1. The molecule has 176 valence electrons. The molecule has 2 aliphatic rings. The van der Waals surface area contributed by atoms with Crippen molar-refractivity contribution in [2.75, 3.05) is 26.2 Å². The van der Waals surface area contributed by atoms with Crippen molar-refractivity contribution in [3.8, 4) is 0 Å². The highest BCUT2D eigenvalue weighted by molar-refractivity contribution is 6.30. The van der Waals surface area contributed by atoms with Crippen LogP contribution in [0.1, 0.15) is 39.8 Å². The minimum atomic E-state index is -0.167. The molecule has 34 heavy (non-hydrogen) atoms. The Kier molecular flexibility index (Phi) is 6.60. The predicted molar refractivity (Wildman–Crippen MR) is 126 cm³/mol. The van der Waals surface area contributed by atoms with Gasteiger partial charge < -0.3 is 14.5 Å². The van der Waals surface area contributed by atoms with Gasteiger partial charge in [-0.1, -0.05) is 59.3 Å². The lowest BCUT2D eigenvalue weighted by Gasteiger charge is -2.34. The van der Waals surface area contributed by atoms with Crippen LogP contribution in [-0.2, 0) is 29.1 Å². The Morgan fingerprint density at radius 2 is 1.68 bits per heavy atom. The molecule has 2 aliphatic heterocycles. The molecule has 1 atom stereocenters. The molecule has 8 nitrogen and oxygen atoms in total. The Morgan fingerprint density at radius 1 is 0.971 bits per heavy atom. The molecule has 0 bridgehead atoms. The van der Waals surface area contributed by atoms with Gasteiger partial charge in [-0.2, -0.15) is 0 Å². The number of hydrogen-bond acceptors (Lipinski definition) is 5. The van der Waals surface area contributed by atoms with E-state index < -0.39 is 0 Å². The topological polar surface area (TPSA) is 80.6 Å². The number of hydrogen-bond donors (Lipinski definition) is 0. The summed E-state index contributed by atoms with van der Waals surface area (Å²) < 4.78 is 7.76. The molecule has 2 aromatic carbocycles. The summed E-state index contributed by atoms with van der Waals surface area (Å²) in [7, 11) is 0. The van der Waals surface area contributed by atoms with Crippen LogP contribution in [0.3, 0.4) is 0 Å². The van der Waals surface area contributed by atoms with Crippen LogP contribution in [0.25, 0.3) is 0 Å². The van der Waals surface area contributed by atoms with Crippen molar-refractivity contribution in [3.05, 3.63) is 82.1 Å². The minimum Gasteiger partial charge on any atom is -0.365 e. The molecule has 0 radical (unpaired) electrons. The van der Waals surface area contributed by atoms with Crippen LogP contribution in [0.2, 0.25) is 5.02 Å². The number of rotatable bonds is 5. The molecule has 0 unspecified atom stereocenters. The molecule has 0 aliphatic carbocycles. The van der Waals surface area contributed by atoms with Crippen molar-refractivity contribution in [1.82, 2.24) is 24.8 Å². The summed E-state index contributed by atoms with van der Waals surface area (Å²) in [6.07, 6.45) is 1.03. The molecule has 0 saturated carbocycles. The summed E-state index contributed by atoms with van der Waals surface area (Å²) in [5, 5.41) is 9.06. The third kappa shape index (κ3) is 4.83. The summed E-state index contributed by atoms with van der Waals surface area (Å²) in [5.74, 6) is -0.0372. The number of carbonyl (C=O) groups is 2. The van der Waals surface area contributed by atoms with Gasteiger partial charge >= 0.3 is 0 Å². The van der Waals surface area contributed by atoms with E-state index in [2.05, 4.69) is 10.3 Å². The summed E-state index contributed by atoms with van der Waals surface area (Å²) >= 11 is 5.98. The second kappa shape index (κ2) is 9.95. The lowest BCUT2D eigenvalue weighted by Crippen LogP contribution is -2.50. The maximum absolute atomic E-state index is 13.1. The highest BCUT2D eigenvalue weighted by atomic mass is 35.5. The average Bonchev–Trinajstić information content (AvgIpc) is 3.31. The zero-order valence-electron chi connectivity index (χ0n) is 18.8. The first-order chi connectivity index (χ1) is 16.6. The van der Waals surface area contributed by atoms with Crippen molar-refractivity contribution in [3.63, 3.8) is 0 Å². The Morgan fingerprint density at radius 3 is 2.41 bits per heavy atom. The Bertz CT molecular complexity index is 1160. The fraction of sp³-hybridized carbons (Fsp3) is 0.360. The van der Waals surface area contributed by atoms with Gasteiger partial charge in [-0.25, -0.2) is 4.68 Å². The van der Waals surface area contributed by atoms with E-state index in [0.29, 0.717) is 55.6 Å². The van der Waals surface area contributed by atoms with E-state index in [-0.39, 0.29) is 24.5 Å². The number of piperazine rings is 1. The van der Waals surface area contributed by atoms with Gasteiger partial charge in [0.25, 0.3) is 5.91 Å². The van der Waals surface area contributed by atoms with Gasteiger partial charge in [-0.05, 0) is 29.7 Å². The predicted octanol–water partition coefficient (Wildman–Crippen LogP) is 3.12. The zero-order chi connectivity index (χ0) is 23.5. The number of ether oxygens (including phenoxy) is 1. The van der Waals surface area contributed by atoms with Gasteiger partial charge in [0.05, 0.1) is 18.8 Å². The van der Waals surface area contributed by atoms with Crippen LogP contribution >= 0.6 is 11.6 Å². The first-order valence-corrected chi connectivity index (χ1v) is 11.9. The number of carbonyl (C=O) groups excluding carboxylic acids is 2. The van der Waals surface area contributed by atoms with Gasteiger partial charge in [-0.3, -0.25) is 9.59 Å². The molecule has 2 amide bonds. The van der Waals surface area contributed by atoms with Gasteiger partial charge in [0, 0.05) is 37.6 Å². The van der Waals surface area contributed by atoms with Crippen LogP contribution in [0.4, 0.5) is 0 Å². The third-order valence-corrected chi connectivity index (χ3v) is 6.68. The Hall–Kier alpha value is -3.23. The molecule has 5 rings (SSSR count). The molecule has 1 aromatic heterocycles. The van der Waals surface area contributed by atoms with Crippen LogP contribution in [0, 0.1) is 0 Å². The van der Waals surface area contributed by atoms with E-state index in [0.717, 1.165) is 17.5 Å². The maximum atomic E-state index is 13.1. The number of aryl methyl sites for hydroxylation is 1. The molecule has 3 aromatic rings. The van der Waals surface area contributed by atoms with Crippen molar-refractivity contribution >= 4 is 23.4 Å². The van der Waals surface area contributed by atoms with Gasteiger partial charge in [-0.15, -0.1) is 5.10 Å². The molecular formula is C25H26ClN5O3. The van der Waals surface area contributed by atoms with Crippen molar-refractivity contribution < 1.29 is 14.3 Å². The van der Waals surface area contributed by atoms with Gasteiger partial charge in [0.15, 0.2) is 5.69 Å². The minimum absolute atomic E-state index is 0.124. The second-order valence-corrected chi connectivity index (χ2v) is 9.01. The lowest BCUT2D eigenvalue weighted by atomic mass is 10.1. The number of fused-ring (bicyclic) bond motifs is 1. The quantitative estimate of drug-likeness (QED) is 0.561. The fourth-order valence-corrected chi connectivity index (χ4v) is 4.55. The summed E-state index contributed by atoms with van der Waals surface area (Å²) in [6.45, 7) is 2.77. The first kappa shape index (κ1) is 22.6. The molecule has 9 heteroatoms. The highest BCUT2D eigenvalue weighted by Gasteiger charge is 2.32. The van der Waals surface area contributed by atoms with Crippen LogP contribution in [0.5, 0.6) is 0 Å². The van der Waals surface area contributed by atoms with Gasteiger partial charge in [0.2, 0.25) is 5.91 Å². The monoisotopic (exact) mass is 479 g/mol. The maximum Gasteiger partial charge on any atom is 0.276 e. The standard InChI is InChI=1S/C25H26ClN5O3/c26-20-9-7-19(8-10-20)22-16-31-21(17-34-22)24(27-28-31)25(33)30-14-12-29(13-15-30)23(32)11-6-18-4-2-1-3-5-18/h1-5,7-10,22H,6,11-17H2/t22-/m1/s1. The van der Waals surface area contributed by atoms with Crippen molar-refractivity contribution in [2.24, 2.45) is 0 Å². The molecule has 3 heterocycles. The van der Waals surface area contributed by atoms with E-state index in [9.17, 15) is 9.59 Å². The fourth-order valence-electron chi connectivity index (χ4n) is 4.42. The van der Waals surface area contributed by atoms with E-state index in [1.165, 1.54) is 0 Å². The van der Waals surface area contributed by atoms with Crippen molar-refractivity contribution in [1.29, 1.82) is 0 Å². The van der Waals surface area contributed by atoms with E-state index in [4.69, 9.17) is 16.3 Å². The lowest BCUT2D eigenvalue weighted by molar-refractivity contribution is -0.132. The number of benzene rings is 2. The average molecular weight is 480 g/mol. The smallest absolute Gasteiger partial charge is 0.276 e. The summed E-state index contributed by atoms with van der Waals surface area (Å²) in [5.41, 5.74) is 3.18. The SMILES string of the molecule is O=C(CCc1ccccc1)N1CCN(C(=O)c2nnn3c2CO[C@@H](c2ccc(Cl)cc2)C3)CC1. The van der Waals surface area contributed by atoms with Crippen molar-refractivity contribution in [2.45, 2.75) is 32.1 Å². The third-order valence-electron chi connectivity index (χ3n) is 6.43. The number of nitrogens with zero attached hydrogens (tertiary/aromatic N) is 5. The highest BCUT2D eigenvalue weighted by Crippen LogP contribution is 2.28. The first-order valence-electron chi connectivity index (χ1n) is 11.5. The van der Waals surface area contributed by atoms with E-state index in [1.54, 1.807) is 9.58 Å². The van der Waals surface area contributed by atoms with Crippen LogP contribution < -0.4 is 0 Å². The largest absolute Gasteiger partial charge is 0.365 e. The Labute approximate surface area is 203 Å². The van der Waals surface area contributed by atoms with E-state index >= 15 is 0 Å². The number of aromatic nitrogens is 3. The Balaban J connectivity index is 1.16. The van der Waals surface area contributed by atoms with E-state index in [1.807, 2.05) is 59.5 Å². The normalized spacial score (nSPS) is 18.0. The molecule has 1 saturated heterocycles. The molecule has 0 spiro atoms. The van der Waals surface area contributed by atoms with Gasteiger partial charge in [0.1, 0.15) is 6.10 Å². The number of amides is 2. The second-order valence-electron chi connectivity index (χ2n) is 8.58. The molecule has 1 fully saturated rings. The summed E-state index contributed by atoms with van der Waals surface area (Å²) in [4.78, 5) is 29.3. The zero-order valence-corrected chi connectivity index (χ0v) is 19.5. The summed E-state index contributed by atoms with van der Waals surface area (Å²) in [6, 6.07) is 17.5. The molecule has 0 N–H and O–H groups in total.